The summed E-state index contributed by atoms with van der Waals surface area (Å²) in [7, 11) is 0. The Labute approximate surface area is 83.2 Å². The van der Waals surface area contributed by atoms with E-state index in [0.717, 1.165) is 4.47 Å². The molecule has 1 aromatic rings. The third kappa shape index (κ3) is 1.80. The summed E-state index contributed by atoms with van der Waals surface area (Å²) in [6.07, 6.45) is 0. The van der Waals surface area contributed by atoms with Gasteiger partial charge in [-0.1, -0.05) is 0 Å². The number of benzene rings is 1. The lowest BCUT2D eigenvalue weighted by molar-refractivity contribution is 0.620. The van der Waals surface area contributed by atoms with Crippen LogP contribution in [-0.2, 0) is 0 Å². The van der Waals surface area contributed by atoms with Crippen molar-refractivity contribution in [2.24, 2.45) is 0 Å². The van der Waals surface area contributed by atoms with Crippen molar-refractivity contribution in [3.8, 4) is 0 Å². The minimum atomic E-state index is -0.268. The number of halogens is 4. The topological polar surface area (TPSA) is 0 Å². The zero-order valence-electron chi connectivity index (χ0n) is 4.67. The minimum Gasteiger partial charge on any atom is -0.206 e. The molecule has 0 saturated heterocycles. The van der Waals surface area contributed by atoms with Gasteiger partial charge in [-0.15, -0.1) is 0 Å². The highest BCUT2D eigenvalue weighted by Crippen LogP contribution is 2.28. The average molecular weight is 333 g/mol. The van der Waals surface area contributed by atoms with Crippen LogP contribution >= 0.6 is 47.8 Å². The van der Waals surface area contributed by atoms with Gasteiger partial charge >= 0.3 is 0 Å². The summed E-state index contributed by atoms with van der Waals surface area (Å²) < 4.78 is 14.7. The van der Waals surface area contributed by atoms with E-state index in [-0.39, 0.29) is 5.82 Å². The summed E-state index contributed by atoms with van der Waals surface area (Å²) in [6, 6.07) is 3.05. The highest BCUT2D eigenvalue weighted by atomic mass is 79.9. The second-order valence-corrected chi connectivity index (χ2v) is 4.24. The molecule has 0 heterocycles. The molecule has 0 fully saturated rings. The van der Waals surface area contributed by atoms with Gasteiger partial charge in [0.05, 0.1) is 4.47 Å². The Morgan fingerprint density at radius 3 is 1.90 bits per heavy atom. The van der Waals surface area contributed by atoms with Crippen molar-refractivity contribution in [2.75, 3.05) is 0 Å². The SMILES string of the molecule is Fc1cc(Br)c(Br)cc1Br. The zero-order valence-corrected chi connectivity index (χ0v) is 9.42. The summed E-state index contributed by atoms with van der Waals surface area (Å²) in [5.74, 6) is -0.268. The summed E-state index contributed by atoms with van der Waals surface area (Å²) in [5, 5.41) is 0. The van der Waals surface area contributed by atoms with Crippen molar-refractivity contribution >= 4 is 47.8 Å². The minimum absolute atomic E-state index is 0.268. The van der Waals surface area contributed by atoms with E-state index in [1.807, 2.05) is 0 Å². The van der Waals surface area contributed by atoms with Crippen LogP contribution in [0.25, 0.3) is 0 Å². The third-order valence-corrected chi connectivity index (χ3v) is 3.42. The van der Waals surface area contributed by atoms with Gasteiger partial charge in [-0.05, 0) is 59.9 Å². The largest absolute Gasteiger partial charge is 0.206 e. The molecule has 1 rings (SSSR count). The molecule has 0 radical (unpaired) electrons. The molecule has 0 saturated carbocycles. The van der Waals surface area contributed by atoms with Gasteiger partial charge in [0.1, 0.15) is 5.82 Å². The molecule has 0 aliphatic heterocycles. The van der Waals surface area contributed by atoms with Crippen molar-refractivity contribution in [3.05, 3.63) is 31.4 Å². The van der Waals surface area contributed by atoms with Gasteiger partial charge in [0.15, 0.2) is 0 Å². The molecule has 0 bridgehead atoms. The number of rotatable bonds is 0. The van der Waals surface area contributed by atoms with Crippen LogP contribution in [0.2, 0.25) is 0 Å². The third-order valence-electron chi connectivity index (χ3n) is 0.963. The lowest BCUT2D eigenvalue weighted by Gasteiger charge is -1.97. The van der Waals surface area contributed by atoms with E-state index >= 15 is 0 Å². The van der Waals surface area contributed by atoms with E-state index in [0.29, 0.717) is 8.95 Å². The predicted molar refractivity (Wildman–Crippen MR) is 49.5 cm³/mol. The predicted octanol–water partition coefficient (Wildman–Crippen LogP) is 4.11. The molecule has 0 nitrogen and oxygen atoms in total. The Morgan fingerprint density at radius 2 is 1.40 bits per heavy atom. The van der Waals surface area contributed by atoms with Crippen LogP contribution in [0.3, 0.4) is 0 Å². The molecule has 0 spiro atoms. The molecule has 0 aromatic heterocycles. The Kier molecular flexibility index (Phi) is 2.89. The van der Waals surface area contributed by atoms with Crippen molar-refractivity contribution < 1.29 is 4.39 Å². The van der Waals surface area contributed by atoms with Gasteiger partial charge < -0.3 is 0 Å². The van der Waals surface area contributed by atoms with Crippen LogP contribution < -0.4 is 0 Å². The average Bonchev–Trinajstić information content (AvgIpc) is 1.84. The molecule has 10 heavy (non-hydrogen) atoms. The molecule has 4 heteroatoms. The van der Waals surface area contributed by atoms with Gasteiger partial charge in [0.2, 0.25) is 0 Å². The molecule has 0 atom stereocenters. The molecule has 0 aliphatic carbocycles. The Morgan fingerprint density at radius 1 is 0.900 bits per heavy atom. The first kappa shape index (κ1) is 8.68. The molecule has 0 unspecified atom stereocenters. The first-order valence-corrected chi connectivity index (χ1v) is 4.79. The maximum Gasteiger partial charge on any atom is 0.138 e. The maximum absolute atomic E-state index is 12.7. The second-order valence-electron chi connectivity index (χ2n) is 1.68. The van der Waals surface area contributed by atoms with Crippen molar-refractivity contribution in [2.45, 2.75) is 0 Å². The van der Waals surface area contributed by atoms with Crippen LogP contribution in [-0.4, -0.2) is 0 Å². The molecule has 1 aromatic carbocycles. The molecular formula is C6H2Br3F. The van der Waals surface area contributed by atoms with Gasteiger partial charge in [-0.2, -0.15) is 0 Å². The van der Waals surface area contributed by atoms with Crippen molar-refractivity contribution in [1.29, 1.82) is 0 Å². The highest BCUT2D eigenvalue weighted by molar-refractivity contribution is 9.13. The number of hydrogen-bond acceptors (Lipinski definition) is 0. The van der Waals surface area contributed by atoms with Crippen LogP contribution in [0, 0.1) is 5.82 Å². The molecule has 0 aliphatic rings. The van der Waals surface area contributed by atoms with Gasteiger partial charge in [-0.3, -0.25) is 0 Å². The van der Waals surface area contributed by atoms with E-state index in [1.54, 1.807) is 6.07 Å². The van der Waals surface area contributed by atoms with E-state index in [1.165, 1.54) is 6.07 Å². The monoisotopic (exact) mass is 330 g/mol. The summed E-state index contributed by atoms with van der Waals surface area (Å²) in [4.78, 5) is 0. The fraction of sp³-hybridized carbons (Fsp3) is 0. The standard InChI is InChI=1S/C6H2Br3F/c7-3-1-5(9)6(10)2-4(3)8/h1-2H. The Bertz CT molecular complexity index is 209. The van der Waals surface area contributed by atoms with E-state index < -0.39 is 0 Å². The van der Waals surface area contributed by atoms with Gasteiger partial charge in [0.25, 0.3) is 0 Å². The number of hydrogen-bond donors (Lipinski definition) is 0. The van der Waals surface area contributed by atoms with Crippen LogP contribution in [0.1, 0.15) is 0 Å². The normalized spacial score (nSPS) is 10.0. The fourth-order valence-electron chi connectivity index (χ4n) is 0.498. The van der Waals surface area contributed by atoms with Crippen LogP contribution in [0.5, 0.6) is 0 Å². The van der Waals surface area contributed by atoms with Crippen LogP contribution in [0.15, 0.2) is 25.6 Å². The summed E-state index contributed by atoms with van der Waals surface area (Å²) >= 11 is 9.46. The van der Waals surface area contributed by atoms with E-state index in [2.05, 4.69) is 47.8 Å². The lowest BCUT2D eigenvalue weighted by atomic mass is 10.4. The van der Waals surface area contributed by atoms with E-state index in [4.69, 9.17) is 0 Å². The van der Waals surface area contributed by atoms with Gasteiger partial charge in [-0.25, -0.2) is 4.39 Å². The lowest BCUT2D eigenvalue weighted by Crippen LogP contribution is -1.77. The maximum atomic E-state index is 12.7. The Hall–Kier alpha value is 0.590. The van der Waals surface area contributed by atoms with Gasteiger partial charge in [0, 0.05) is 8.95 Å². The second kappa shape index (κ2) is 3.32. The van der Waals surface area contributed by atoms with Crippen LogP contribution in [0.4, 0.5) is 4.39 Å². The molecule has 0 amide bonds. The van der Waals surface area contributed by atoms with Crippen molar-refractivity contribution in [1.82, 2.24) is 0 Å². The molecule has 0 N–H and O–H groups in total. The van der Waals surface area contributed by atoms with Crippen molar-refractivity contribution in [3.63, 3.8) is 0 Å². The molecule has 54 valence electrons. The zero-order chi connectivity index (χ0) is 7.72. The molecular weight excluding hydrogens is 331 g/mol. The highest BCUT2D eigenvalue weighted by Gasteiger charge is 2.02. The summed E-state index contributed by atoms with van der Waals surface area (Å²) in [6.45, 7) is 0. The first-order valence-electron chi connectivity index (χ1n) is 2.41. The smallest absolute Gasteiger partial charge is 0.138 e. The quantitative estimate of drug-likeness (QED) is 0.627. The first-order chi connectivity index (χ1) is 4.61. The van der Waals surface area contributed by atoms with E-state index in [9.17, 15) is 4.39 Å². The fourth-order valence-corrected chi connectivity index (χ4v) is 1.81. The summed E-state index contributed by atoms with van der Waals surface area (Å²) in [5.41, 5.74) is 0. The Balaban J connectivity index is 3.28.